The predicted octanol–water partition coefficient (Wildman–Crippen LogP) is 3.96. The molecule has 1 N–H and O–H groups in total. The second-order valence-electron chi connectivity index (χ2n) is 4.32. The van der Waals surface area contributed by atoms with E-state index in [1.807, 2.05) is 30.3 Å². The number of rotatable bonds is 4. The Bertz CT molecular complexity index is 606. The fourth-order valence-corrected chi connectivity index (χ4v) is 2.17. The first-order chi connectivity index (χ1) is 9.56. The fourth-order valence-electron chi connectivity index (χ4n) is 1.74. The van der Waals surface area contributed by atoms with Crippen LogP contribution in [0.5, 0.6) is 0 Å². The third kappa shape index (κ3) is 3.99. The average Bonchev–Trinajstić information content (AvgIpc) is 2.43. The molecule has 104 valence electrons. The zero-order valence-corrected chi connectivity index (χ0v) is 12.2. The summed E-state index contributed by atoms with van der Waals surface area (Å²) in [6, 6.07) is 13.6. The van der Waals surface area contributed by atoms with Crippen LogP contribution in [0.3, 0.4) is 0 Å². The summed E-state index contributed by atoms with van der Waals surface area (Å²) >= 11 is 9.92. The molecule has 0 heterocycles. The number of hydrogen-bond donors (Lipinski definition) is 2. The Morgan fingerprint density at radius 2 is 1.95 bits per heavy atom. The molecule has 0 spiro atoms. The first-order valence-corrected chi connectivity index (χ1v) is 6.93. The highest BCUT2D eigenvalue weighted by Gasteiger charge is 2.16. The monoisotopic (exact) mass is 309 g/mol. The number of carbonyl (C=O) groups is 1. The van der Waals surface area contributed by atoms with Gasteiger partial charge < -0.3 is 5.32 Å². The number of anilines is 1. The van der Waals surface area contributed by atoms with E-state index < -0.39 is 11.1 Å². The second-order valence-corrected chi connectivity index (χ2v) is 5.38. The van der Waals surface area contributed by atoms with Crippen molar-refractivity contribution in [3.05, 3.63) is 64.9 Å². The highest BCUT2D eigenvalue weighted by Crippen LogP contribution is 2.20. The molecular formula is C15H13ClFNOS. The lowest BCUT2D eigenvalue weighted by Crippen LogP contribution is -2.25. The highest BCUT2D eigenvalue weighted by atomic mass is 35.5. The number of halogens is 2. The molecule has 0 aliphatic rings. The predicted molar refractivity (Wildman–Crippen MR) is 83.0 cm³/mol. The molecule has 0 saturated carbocycles. The Balaban J connectivity index is 2.01. The lowest BCUT2D eigenvalue weighted by Gasteiger charge is -2.12. The van der Waals surface area contributed by atoms with Gasteiger partial charge in [0.25, 0.3) is 0 Å². The largest absolute Gasteiger partial charge is 0.323 e. The fraction of sp³-hybridized carbons (Fsp3) is 0.133. The first kappa shape index (κ1) is 14.9. The Morgan fingerprint density at radius 3 is 2.60 bits per heavy atom. The molecule has 2 nitrogen and oxygen atoms in total. The number of benzene rings is 2. The smallest absolute Gasteiger partial charge is 0.237 e. The van der Waals surface area contributed by atoms with Gasteiger partial charge in [-0.1, -0.05) is 41.9 Å². The molecule has 0 aromatic heterocycles. The van der Waals surface area contributed by atoms with E-state index >= 15 is 0 Å². The van der Waals surface area contributed by atoms with Gasteiger partial charge in [0.15, 0.2) is 0 Å². The minimum atomic E-state index is -0.564. The van der Waals surface area contributed by atoms with Gasteiger partial charge in [-0.15, -0.1) is 0 Å². The summed E-state index contributed by atoms with van der Waals surface area (Å²) in [5.41, 5.74) is 1.10. The van der Waals surface area contributed by atoms with Crippen molar-refractivity contribution in [1.82, 2.24) is 0 Å². The van der Waals surface area contributed by atoms with E-state index in [9.17, 15) is 9.18 Å². The lowest BCUT2D eigenvalue weighted by molar-refractivity contribution is -0.115. The van der Waals surface area contributed by atoms with Crippen molar-refractivity contribution in [1.29, 1.82) is 0 Å². The normalized spacial score (nSPS) is 11.9. The third-order valence-corrected chi connectivity index (χ3v) is 3.42. The van der Waals surface area contributed by atoms with Gasteiger partial charge in [0.1, 0.15) is 5.82 Å². The molecule has 1 atom stereocenters. The standard InChI is InChI=1S/C15H13ClFNOS/c16-11-6-7-13(12(17)9-11)18-15(19)14(20)8-10-4-2-1-3-5-10/h1-7,9,14,20H,8H2,(H,18,19). The van der Waals surface area contributed by atoms with Crippen LogP contribution < -0.4 is 5.32 Å². The topological polar surface area (TPSA) is 29.1 Å². The zero-order valence-electron chi connectivity index (χ0n) is 10.5. The summed E-state index contributed by atoms with van der Waals surface area (Å²) in [4.78, 5) is 12.0. The van der Waals surface area contributed by atoms with Gasteiger partial charge in [0.2, 0.25) is 5.91 Å². The van der Waals surface area contributed by atoms with Crippen LogP contribution >= 0.6 is 24.2 Å². The van der Waals surface area contributed by atoms with Crippen LogP contribution in [-0.2, 0) is 11.2 Å². The lowest BCUT2D eigenvalue weighted by atomic mass is 10.1. The van der Waals surface area contributed by atoms with Crippen LogP contribution in [-0.4, -0.2) is 11.2 Å². The van der Waals surface area contributed by atoms with Crippen molar-refractivity contribution in [3.63, 3.8) is 0 Å². The summed E-state index contributed by atoms with van der Waals surface area (Å²) in [6.45, 7) is 0. The van der Waals surface area contributed by atoms with Crippen molar-refractivity contribution >= 4 is 35.8 Å². The van der Waals surface area contributed by atoms with Gasteiger partial charge in [0, 0.05) is 5.02 Å². The second kappa shape index (κ2) is 6.77. The van der Waals surface area contributed by atoms with Gasteiger partial charge in [-0.05, 0) is 30.2 Å². The van der Waals surface area contributed by atoms with Gasteiger partial charge in [0.05, 0.1) is 10.9 Å². The molecule has 0 aliphatic heterocycles. The molecule has 20 heavy (non-hydrogen) atoms. The van der Waals surface area contributed by atoms with E-state index in [-0.39, 0.29) is 16.6 Å². The van der Waals surface area contributed by atoms with E-state index in [1.165, 1.54) is 12.1 Å². The molecule has 0 saturated heterocycles. The SMILES string of the molecule is O=C(Nc1ccc(Cl)cc1F)C(S)Cc1ccccc1. The first-order valence-electron chi connectivity index (χ1n) is 6.04. The summed E-state index contributed by atoms with van der Waals surface area (Å²) in [5, 5.41) is 2.24. The van der Waals surface area contributed by atoms with Crippen molar-refractivity contribution in [2.45, 2.75) is 11.7 Å². The Labute approximate surface area is 127 Å². The maximum absolute atomic E-state index is 13.6. The molecule has 5 heteroatoms. The van der Waals surface area contributed by atoms with Crippen LogP contribution in [0.1, 0.15) is 5.56 Å². The molecule has 0 fully saturated rings. The maximum Gasteiger partial charge on any atom is 0.237 e. The molecule has 0 aliphatic carbocycles. The Kier molecular flexibility index (Phi) is 5.04. The van der Waals surface area contributed by atoms with Gasteiger partial charge in [-0.25, -0.2) is 4.39 Å². The molecular weight excluding hydrogens is 297 g/mol. The average molecular weight is 310 g/mol. The molecule has 1 unspecified atom stereocenters. The van der Waals surface area contributed by atoms with Crippen molar-refractivity contribution in [3.8, 4) is 0 Å². The molecule has 0 bridgehead atoms. The van der Waals surface area contributed by atoms with Crippen molar-refractivity contribution < 1.29 is 9.18 Å². The van der Waals surface area contributed by atoms with E-state index in [0.717, 1.165) is 11.6 Å². The van der Waals surface area contributed by atoms with Crippen LogP contribution in [0.2, 0.25) is 5.02 Å². The highest BCUT2D eigenvalue weighted by molar-refractivity contribution is 7.81. The number of hydrogen-bond acceptors (Lipinski definition) is 2. The van der Waals surface area contributed by atoms with E-state index in [4.69, 9.17) is 11.6 Å². The third-order valence-electron chi connectivity index (χ3n) is 2.76. The number of nitrogens with one attached hydrogen (secondary N) is 1. The quantitative estimate of drug-likeness (QED) is 0.823. The van der Waals surface area contributed by atoms with E-state index in [0.29, 0.717) is 6.42 Å². The van der Waals surface area contributed by atoms with Crippen LogP contribution in [0.15, 0.2) is 48.5 Å². The minimum absolute atomic E-state index is 0.103. The van der Waals surface area contributed by atoms with Crippen LogP contribution in [0, 0.1) is 5.82 Å². The summed E-state index contributed by atoms with van der Waals surface area (Å²) in [5.74, 6) is -0.912. The van der Waals surface area contributed by atoms with Crippen molar-refractivity contribution in [2.75, 3.05) is 5.32 Å². The van der Waals surface area contributed by atoms with Crippen LogP contribution in [0.4, 0.5) is 10.1 Å². The van der Waals surface area contributed by atoms with Gasteiger partial charge in [-0.2, -0.15) is 12.6 Å². The van der Waals surface area contributed by atoms with E-state index in [2.05, 4.69) is 17.9 Å². The molecule has 2 aromatic carbocycles. The number of amides is 1. The molecule has 2 rings (SSSR count). The van der Waals surface area contributed by atoms with Gasteiger partial charge in [-0.3, -0.25) is 4.79 Å². The van der Waals surface area contributed by atoms with E-state index in [1.54, 1.807) is 0 Å². The molecule has 2 aromatic rings. The Hall–Kier alpha value is -1.52. The molecule has 0 radical (unpaired) electrons. The summed E-state index contributed by atoms with van der Waals surface area (Å²) < 4.78 is 13.6. The van der Waals surface area contributed by atoms with Crippen molar-refractivity contribution in [2.24, 2.45) is 0 Å². The molecule has 1 amide bonds. The van der Waals surface area contributed by atoms with Crippen LogP contribution in [0.25, 0.3) is 0 Å². The van der Waals surface area contributed by atoms with Gasteiger partial charge >= 0.3 is 0 Å². The minimum Gasteiger partial charge on any atom is -0.323 e. The summed E-state index contributed by atoms with van der Waals surface area (Å²) in [6.07, 6.45) is 0.477. The zero-order chi connectivity index (χ0) is 14.5. The summed E-state index contributed by atoms with van der Waals surface area (Å²) in [7, 11) is 0. The number of carbonyl (C=O) groups excluding carboxylic acids is 1. The number of thiol groups is 1. The maximum atomic E-state index is 13.6. The Morgan fingerprint density at radius 1 is 1.25 bits per heavy atom.